The molecule has 1 aromatic carbocycles. The molecule has 1 aliphatic heterocycles. The summed E-state index contributed by atoms with van der Waals surface area (Å²) in [5, 5.41) is 8.77. The van der Waals surface area contributed by atoms with Crippen LogP contribution in [-0.2, 0) is 9.59 Å². The summed E-state index contributed by atoms with van der Waals surface area (Å²) in [6.45, 7) is 2.44. The molecule has 6 nitrogen and oxygen atoms in total. The molecule has 25 heavy (non-hydrogen) atoms. The van der Waals surface area contributed by atoms with Crippen LogP contribution in [0.5, 0.6) is 11.5 Å². The van der Waals surface area contributed by atoms with Crippen LogP contribution < -0.4 is 9.47 Å². The second kappa shape index (κ2) is 8.68. The Morgan fingerprint density at radius 1 is 1.48 bits per heavy atom. The van der Waals surface area contributed by atoms with Crippen molar-refractivity contribution in [2.75, 3.05) is 20.3 Å². The van der Waals surface area contributed by atoms with Crippen molar-refractivity contribution in [3.63, 3.8) is 0 Å². The number of hydrogen-bond donors (Lipinski definition) is 1. The van der Waals surface area contributed by atoms with E-state index in [1.165, 1.54) is 4.90 Å². The van der Waals surface area contributed by atoms with Crippen molar-refractivity contribution in [3.8, 4) is 11.5 Å². The standard InChI is InChI=1S/C16H16BrNO5S2/c1-3-23-14-10(17)6-9(7-11(14)22-2)8-12-15(21)18(16(24)25-12)5-4-13(19)20/h6-8H,3-5H2,1-2H3,(H,19,20)/b12-8+. The van der Waals surface area contributed by atoms with Crippen molar-refractivity contribution in [3.05, 3.63) is 27.1 Å². The number of carbonyl (C=O) groups excluding carboxylic acids is 1. The monoisotopic (exact) mass is 445 g/mol. The van der Waals surface area contributed by atoms with Crippen molar-refractivity contribution >= 4 is 62.2 Å². The smallest absolute Gasteiger partial charge is 0.305 e. The number of thiocarbonyl (C=S) groups is 1. The van der Waals surface area contributed by atoms with Crippen LogP contribution in [0, 0.1) is 0 Å². The molecule has 1 heterocycles. The third-order valence-electron chi connectivity index (χ3n) is 3.26. The van der Waals surface area contributed by atoms with Gasteiger partial charge in [-0.1, -0.05) is 24.0 Å². The maximum atomic E-state index is 12.4. The zero-order chi connectivity index (χ0) is 18.6. The highest BCUT2D eigenvalue weighted by atomic mass is 79.9. The van der Waals surface area contributed by atoms with Gasteiger partial charge in [-0.05, 0) is 46.6 Å². The lowest BCUT2D eigenvalue weighted by molar-refractivity contribution is -0.137. The topological polar surface area (TPSA) is 76.1 Å². The number of benzene rings is 1. The number of carboxylic acid groups (broad SMARTS) is 1. The summed E-state index contributed by atoms with van der Waals surface area (Å²) >= 11 is 9.76. The molecule has 1 N–H and O–H groups in total. The number of methoxy groups -OCH3 is 1. The van der Waals surface area contributed by atoms with E-state index >= 15 is 0 Å². The van der Waals surface area contributed by atoms with Gasteiger partial charge in [0.05, 0.1) is 29.5 Å². The molecule has 0 atom stereocenters. The van der Waals surface area contributed by atoms with Crippen molar-refractivity contribution in [1.29, 1.82) is 0 Å². The Morgan fingerprint density at radius 2 is 2.20 bits per heavy atom. The van der Waals surface area contributed by atoms with Gasteiger partial charge in [-0.15, -0.1) is 0 Å². The third kappa shape index (κ3) is 4.74. The van der Waals surface area contributed by atoms with E-state index in [-0.39, 0.29) is 18.9 Å². The fourth-order valence-electron chi connectivity index (χ4n) is 2.16. The summed E-state index contributed by atoms with van der Waals surface area (Å²) in [7, 11) is 1.54. The third-order valence-corrected chi connectivity index (χ3v) is 5.23. The lowest BCUT2D eigenvalue weighted by atomic mass is 10.2. The van der Waals surface area contributed by atoms with E-state index in [2.05, 4.69) is 15.9 Å². The Kier molecular flexibility index (Phi) is 6.86. The number of nitrogens with zero attached hydrogens (tertiary/aromatic N) is 1. The fourth-order valence-corrected chi connectivity index (χ4v) is 4.04. The molecule has 2 rings (SSSR count). The number of hydrogen-bond acceptors (Lipinski definition) is 6. The zero-order valence-corrected chi connectivity index (χ0v) is 16.8. The van der Waals surface area contributed by atoms with E-state index < -0.39 is 5.97 Å². The minimum atomic E-state index is -0.974. The molecule has 0 aromatic heterocycles. The van der Waals surface area contributed by atoms with E-state index in [0.717, 1.165) is 17.3 Å². The Balaban J connectivity index is 2.28. The summed E-state index contributed by atoms with van der Waals surface area (Å²) in [4.78, 5) is 24.9. The highest BCUT2D eigenvalue weighted by Gasteiger charge is 2.32. The quantitative estimate of drug-likeness (QED) is 0.507. The number of carbonyl (C=O) groups is 2. The molecule has 9 heteroatoms. The Labute approximate surface area is 163 Å². The second-order valence-corrected chi connectivity index (χ2v) is 7.47. The van der Waals surface area contributed by atoms with Crippen LogP contribution >= 0.6 is 39.9 Å². The largest absolute Gasteiger partial charge is 0.493 e. The molecule has 0 spiro atoms. The van der Waals surface area contributed by atoms with Gasteiger partial charge in [0.2, 0.25) is 0 Å². The maximum absolute atomic E-state index is 12.4. The van der Waals surface area contributed by atoms with Crippen LogP contribution in [0.1, 0.15) is 18.9 Å². The van der Waals surface area contributed by atoms with Gasteiger partial charge in [0.1, 0.15) is 4.32 Å². The van der Waals surface area contributed by atoms with Crippen LogP contribution in [-0.4, -0.2) is 46.5 Å². The first-order valence-electron chi connectivity index (χ1n) is 7.34. The normalized spacial score (nSPS) is 15.8. The van der Waals surface area contributed by atoms with Crippen LogP contribution in [0.2, 0.25) is 0 Å². The highest BCUT2D eigenvalue weighted by Crippen LogP contribution is 2.39. The summed E-state index contributed by atoms with van der Waals surface area (Å²) in [6.07, 6.45) is 1.55. The Morgan fingerprint density at radius 3 is 2.80 bits per heavy atom. The van der Waals surface area contributed by atoms with Crippen molar-refractivity contribution in [2.45, 2.75) is 13.3 Å². The van der Waals surface area contributed by atoms with Crippen LogP contribution in [0.15, 0.2) is 21.5 Å². The first-order valence-corrected chi connectivity index (χ1v) is 9.36. The van der Waals surface area contributed by atoms with Crippen molar-refractivity contribution < 1.29 is 24.2 Å². The van der Waals surface area contributed by atoms with Gasteiger partial charge in [-0.3, -0.25) is 14.5 Å². The van der Waals surface area contributed by atoms with E-state index in [0.29, 0.717) is 31.8 Å². The molecule has 1 aliphatic rings. The summed E-state index contributed by atoms with van der Waals surface area (Å²) in [5.41, 5.74) is 0.742. The average molecular weight is 446 g/mol. The van der Waals surface area contributed by atoms with Gasteiger partial charge in [-0.25, -0.2) is 0 Å². The molecule has 1 saturated heterocycles. The molecule has 134 valence electrons. The number of ether oxygens (including phenoxy) is 2. The number of halogens is 1. The number of carboxylic acids is 1. The van der Waals surface area contributed by atoms with Crippen LogP contribution in [0.25, 0.3) is 6.08 Å². The van der Waals surface area contributed by atoms with E-state index in [4.69, 9.17) is 26.8 Å². The molecule has 1 aromatic rings. The molecule has 1 amide bonds. The minimum absolute atomic E-state index is 0.0631. The summed E-state index contributed by atoms with van der Waals surface area (Å²) < 4.78 is 11.9. The molecular formula is C16H16BrNO5S2. The van der Waals surface area contributed by atoms with Crippen LogP contribution in [0.4, 0.5) is 0 Å². The molecule has 0 unspecified atom stereocenters. The number of thioether (sulfide) groups is 1. The minimum Gasteiger partial charge on any atom is -0.493 e. The van der Waals surface area contributed by atoms with Gasteiger partial charge in [-0.2, -0.15) is 0 Å². The SMILES string of the molecule is CCOc1c(Br)cc(/C=C2/SC(=S)N(CCC(=O)O)C2=O)cc1OC. The van der Waals surface area contributed by atoms with E-state index in [9.17, 15) is 9.59 Å². The molecule has 0 aliphatic carbocycles. The van der Waals surface area contributed by atoms with Crippen molar-refractivity contribution in [2.24, 2.45) is 0 Å². The molecule has 0 saturated carbocycles. The zero-order valence-electron chi connectivity index (χ0n) is 13.6. The summed E-state index contributed by atoms with van der Waals surface area (Å²) in [5.74, 6) is -0.126. The van der Waals surface area contributed by atoms with Gasteiger partial charge < -0.3 is 14.6 Å². The highest BCUT2D eigenvalue weighted by molar-refractivity contribution is 9.10. The van der Waals surface area contributed by atoms with Gasteiger partial charge in [0, 0.05) is 6.54 Å². The van der Waals surface area contributed by atoms with Crippen LogP contribution in [0.3, 0.4) is 0 Å². The molecule has 0 bridgehead atoms. The average Bonchev–Trinajstić information content (AvgIpc) is 2.81. The molecular weight excluding hydrogens is 430 g/mol. The predicted octanol–water partition coefficient (Wildman–Crippen LogP) is 3.53. The van der Waals surface area contributed by atoms with E-state index in [1.807, 2.05) is 13.0 Å². The van der Waals surface area contributed by atoms with E-state index in [1.54, 1.807) is 19.3 Å². The Bertz CT molecular complexity index is 750. The first-order chi connectivity index (χ1) is 11.9. The molecule has 0 radical (unpaired) electrons. The lowest BCUT2D eigenvalue weighted by Crippen LogP contribution is -2.30. The lowest BCUT2D eigenvalue weighted by Gasteiger charge is -2.13. The Hall–Kier alpha value is -1.58. The number of amides is 1. The molecule has 1 fully saturated rings. The van der Waals surface area contributed by atoms with Gasteiger partial charge in [0.15, 0.2) is 11.5 Å². The number of rotatable bonds is 7. The van der Waals surface area contributed by atoms with Crippen molar-refractivity contribution in [1.82, 2.24) is 4.90 Å². The second-order valence-electron chi connectivity index (χ2n) is 4.94. The van der Waals surface area contributed by atoms with Gasteiger partial charge in [0.25, 0.3) is 5.91 Å². The predicted molar refractivity (Wildman–Crippen MR) is 104 cm³/mol. The van der Waals surface area contributed by atoms with Gasteiger partial charge >= 0.3 is 5.97 Å². The maximum Gasteiger partial charge on any atom is 0.305 e. The summed E-state index contributed by atoms with van der Waals surface area (Å²) in [6, 6.07) is 3.58. The fraction of sp³-hybridized carbons (Fsp3) is 0.312. The number of aliphatic carboxylic acids is 1. The first kappa shape index (κ1) is 19.7.